The Morgan fingerprint density at radius 2 is 2.04 bits per heavy atom. The van der Waals surface area contributed by atoms with Crippen LogP contribution >= 0.6 is 0 Å². The van der Waals surface area contributed by atoms with E-state index in [0.29, 0.717) is 43.3 Å². The molecule has 156 valence electrons. The van der Waals surface area contributed by atoms with E-state index in [9.17, 15) is 14.4 Å². The van der Waals surface area contributed by atoms with Crippen LogP contribution in [0.5, 0.6) is 0 Å². The molecule has 7 heteroatoms. The molecule has 0 bridgehead atoms. The third kappa shape index (κ3) is 5.36. The lowest BCUT2D eigenvalue weighted by Crippen LogP contribution is -2.45. The van der Waals surface area contributed by atoms with E-state index in [1.165, 1.54) is 0 Å². The van der Waals surface area contributed by atoms with E-state index < -0.39 is 0 Å². The van der Waals surface area contributed by atoms with Crippen molar-refractivity contribution in [2.75, 3.05) is 26.2 Å². The molecule has 1 unspecified atom stereocenters. The number of hydrogen-bond donors (Lipinski definition) is 0. The van der Waals surface area contributed by atoms with E-state index >= 15 is 0 Å². The van der Waals surface area contributed by atoms with Crippen LogP contribution in [0.4, 0.5) is 0 Å². The molecule has 1 aliphatic heterocycles. The first-order chi connectivity index (χ1) is 13.2. The summed E-state index contributed by atoms with van der Waals surface area (Å²) in [6, 6.07) is 1.70. The number of esters is 1. The van der Waals surface area contributed by atoms with Crippen molar-refractivity contribution in [2.45, 2.75) is 59.9 Å². The Morgan fingerprint density at radius 3 is 2.61 bits per heavy atom. The highest BCUT2D eigenvalue weighted by atomic mass is 16.5. The highest BCUT2D eigenvalue weighted by Crippen LogP contribution is 2.20. The molecular formula is C21H32N2O5. The highest BCUT2D eigenvalue weighted by Gasteiger charge is 2.30. The van der Waals surface area contributed by atoms with Gasteiger partial charge in [-0.15, -0.1) is 0 Å². The molecule has 0 saturated carbocycles. The van der Waals surface area contributed by atoms with Crippen LogP contribution in [0.3, 0.4) is 0 Å². The van der Waals surface area contributed by atoms with Gasteiger partial charge in [0.1, 0.15) is 11.5 Å². The summed E-state index contributed by atoms with van der Waals surface area (Å²) < 4.78 is 10.6. The third-order valence-corrected chi connectivity index (χ3v) is 5.12. The molecule has 1 atom stereocenters. The number of nitrogens with zero attached hydrogens (tertiary/aromatic N) is 2. The molecule has 2 amide bonds. The van der Waals surface area contributed by atoms with Gasteiger partial charge in [-0.3, -0.25) is 14.4 Å². The van der Waals surface area contributed by atoms with Crippen LogP contribution < -0.4 is 0 Å². The van der Waals surface area contributed by atoms with Crippen LogP contribution in [0.15, 0.2) is 10.5 Å². The Balaban J connectivity index is 1.97. The average molecular weight is 392 g/mol. The number of piperidine rings is 1. The van der Waals surface area contributed by atoms with Gasteiger partial charge >= 0.3 is 5.97 Å². The lowest BCUT2D eigenvalue weighted by molar-refractivity contribution is -0.151. The Bertz CT molecular complexity index is 710. The molecule has 1 aromatic heterocycles. The zero-order valence-corrected chi connectivity index (χ0v) is 17.6. The van der Waals surface area contributed by atoms with Crippen molar-refractivity contribution in [3.63, 3.8) is 0 Å². The molecule has 1 aromatic rings. The monoisotopic (exact) mass is 392 g/mol. The van der Waals surface area contributed by atoms with Crippen molar-refractivity contribution in [1.29, 1.82) is 0 Å². The average Bonchev–Trinajstić information content (AvgIpc) is 2.99. The van der Waals surface area contributed by atoms with E-state index in [1.807, 2.05) is 20.8 Å². The first-order valence-electron chi connectivity index (χ1n) is 10.1. The predicted octanol–water partition coefficient (Wildman–Crippen LogP) is 2.94. The smallest absolute Gasteiger partial charge is 0.310 e. The number of likely N-dealkylation sites (tertiary alicyclic amines) is 1. The number of hydrogen-bond acceptors (Lipinski definition) is 5. The van der Waals surface area contributed by atoms with Gasteiger partial charge in [0.2, 0.25) is 5.91 Å². The summed E-state index contributed by atoms with van der Waals surface area (Å²) in [4.78, 5) is 41.0. The van der Waals surface area contributed by atoms with Crippen LogP contribution in [-0.2, 0) is 14.3 Å². The van der Waals surface area contributed by atoms with E-state index in [2.05, 4.69) is 0 Å². The maximum absolute atomic E-state index is 12.9. The Hall–Kier alpha value is -2.31. The maximum Gasteiger partial charge on any atom is 0.310 e. The lowest BCUT2D eigenvalue weighted by atomic mass is 9.98. The van der Waals surface area contributed by atoms with E-state index in [0.717, 1.165) is 12.8 Å². The summed E-state index contributed by atoms with van der Waals surface area (Å²) in [5, 5.41) is 0. The molecule has 7 nitrogen and oxygen atoms in total. The minimum Gasteiger partial charge on any atom is -0.466 e. The molecule has 1 saturated heterocycles. The summed E-state index contributed by atoms with van der Waals surface area (Å²) in [5.74, 6) is 0.640. The van der Waals surface area contributed by atoms with Crippen molar-refractivity contribution >= 4 is 17.8 Å². The van der Waals surface area contributed by atoms with Crippen LogP contribution in [-0.4, -0.2) is 59.9 Å². The van der Waals surface area contributed by atoms with Crippen molar-refractivity contribution in [1.82, 2.24) is 9.80 Å². The number of carbonyl (C=O) groups is 3. The molecular weight excluding hydrogens is 360 g/mol. The molecule has 0 spiro atoms. The van der Waals surface area contributed by atoms with Gasteiger partial charge in [0, 0.05) is 32.1 Å². The fourth-order valence-corrected chi connectivity index (χ4v) is 3.62. The second-order valence-corrected chi connectivity index (χ2v) is 7.60. The van der Waals surface area contributed by atoms with Crippen molar-refractivity contribution in [3.8, 4) is 0 Å². The highest BCUT2D eigenvalue weighted by molar-refractivity contribution is 5.95. The molecule has 0 N–H and O–H groups in total. The fraction of sp³-hybridized carbons (Fsp3) is 0.667. The summed E-state index contributed by atoms with van der Waals surface area (Å²) in [5.41, 5.74) is 0.541. The van der Waals surface area contributed by atoms with Crippen molar-refractivity contribution in [3.05, 3.63) is 23.2 Å². The number of furan rings is 1. The van der Waals surface area contributed by atoms with Crippen molar-refractivity contribution < 1.29 is 23.5 Å². The molecule has 2 rings (SSSR count). The van der Waals surface area contributed by atoms with Gasteiger partial charge in [-0.25, -0.2) is 0 Å². The molecule has 2 heterocycles. The summed E-state index contributed by atoms with van der Waals surface area (Å²) in [7, 11) is 0. The minimum atomic E-state index is -0.253. The van der Waals surface area contributed by atoms with Crippen LogP contribution in [0.25, 0.3) is 0 Å². The van der Waals surface area contributed by atoms with E-state index in [1.54, 1.807) is 29.7 Å². The van der Waals surface area contributed by atoms with Crippen LogP contribution in [0.2, 0.25) is 0 Å². The summed E-state index contributed by atoms with van der Waals surface area (Å²) in [6.45, 7) is 10.9. The fourth-order valence-electron chi connectivity index (χ4n) is 3.62. The molecule has 28 heavy (non-hydrogen) atoms. The normalized spacial score (nSPS) is 16.9. The SMILES string of the molecule is CCOC(=O)C1CCCN(C(=O)CCN(C(=O)c2cc(C)oc2C)C(C)C)C1. The van der Waals surface area contributed by atoms with Gasteiger partial charge in [0.05, 0.1) is 18.1 Å². The molecule has 0 aromatic carbocycles. The quantitative estimate of drug-likeness (QED) is 0.667. The summed E-state index contributed by atoms with van der Waals surface area (Å²) in [6.07, 6.45) is 1.77. The third-order valence-electron chi connectivity index (χ3n) is 5.12. The molecule has 1 aliphatic rings. The Labute approximate surface area is 167 Å². The predicted molar refractivity (Wildman–Crippen MR) is 105 cm³/mol. The number of amides is 2. The minimum absolute atomic E-state index is 0.0347. The maximum atomic E-state index is 12.9. The second-order valence-electron chi connectivity index (χ2n) is 7.60. The van der Waals surface area contributed by atoms with Gasteiger partial charge in [0.25, 0.3) is 5.91 Å². The first-order valence-corrected chi connectivity index (χ1v) is 10.1. The zero-order chi connectivity index (χ0) is 20.8. The first kappa shape index (κ1) is 22.0. The zero-order valence-electron chi connectivity index (χ0n) is 17.6. The van der Waals surface area contributed by atoms with Crippen LogP contribution in [0.1, 0.15) is 61.9 Å². The number of rotatable bonds is 7. The largest absolute Gasteiger partial charge is 0.466 e. The topological polar surface area (TPSA) is 80.1 Å². The van der Waals surface area contributed by atoms with Crippen LogP contribution in [0, 0.1) is 19.8 Å². The lowest BCUT2D eigenvalue weighted by Gasteiger charge is -2.33. The molecule has 0 aliphatic carbocycles. The molecule has 0 radical (unpaired) electrons. The van der Waals surface area contributed by atoms with E-state index in [4.69, 9.17) is 9.15 Å². The van der Waals surface area contributed by atoms with Gasteiger partial charge in [-0.1, -0.05) is 0 Å². The van der Waals surface area contributed by atoms with Gasteiger partial charge in [0.15, 0.2) is 0 Å². The Kier molecular flexibility index (Phi) is 7.66. The van der Waals surface area contributed by atoms with E-state index in [-0.39, 0.29) is 36.2 Å². The van der Waals surface area contributed by atoms with Gasteiger partial charge in [-0.05, 0) is 53.5 Å². The Morgan fingerprint density at radius 1 is 1.32 bits per heavy atom. The van der Waals surface area contributed by atoms with Gasteiger partial charge < -0.3 is 19.0 Å². The molecule has 1 fully saturated rings. The number of carbonyl (C=O) groups excluding carboxylic acids is 3. The standard InChI is InChI=1S/C21H32N2O5/c1-6-27-21(26)17-8-7-10-22(13-17)19(24)9-11-23(14(2)3)20(25)18-12-15(4)28-16(18)5/h12,14,17H,6-11,13H2,1-5H3. The van der Waals surface area contributed by atoms with Gasteiger partial charge in [-0.2, -0.15) is 0 Å². The number of aryl methyl sites for hydroxylation is 2. The number of ether oxygens (including phenoxy) is 1. The summed E-state index contributed by atoms with van der Waals surface area (Å²) >= 11 is 0. The second kappa shape index (κ2) is 9.75. The van der Waals surface area contributed by atoms with Crippen molar-refractivity contribution in [2.24, 2.45) is 5.92 Å².